The Kier molecular flexibility index (Phi) is 5.82. The fraction of sp³-hybridized carbons (Fsp3) is 0.480. The van der Waals surface area contributed by atoms with Crippen LogP contribution in [0, 0.1) is 16.7 Å². The van der Waals surface area contributed by atoms with Gasteiger partial charge < -0.3 is 19.9 Å². The van der Waals surface area contributed by atoms with Crippen LogP contribution in [-0.4, -0.2) is 81.2 Å². The van der Waals surface area contributed by atoms with Crippen LogP contribution in [0.1, 0.15) is 47.8 Å². The van der Waals surface area contributed by atoms with Crippen LogP contribution in [-0.2, 0) is 4.79 Å². The predicted molar refractivity (Wildman–Crippen MR) is 132 cm³/mol. The molecule has 37 heavy (non-hydrogen) atoms. The summed E-state index contributed by atoms with van der Waals surface area (Å²) in [6, 6.07) is 8.01. The molecule has 0 atom stereocenters. The molecule has 3 fully saturated rings. The Hall–Kier alpha value is -4.27. The molecular weight excluding hydrogens is 474 g/mol. The van der Waals surface area contributed by atoms with Crippen molar-refractivity contribution < 1.29 is 14.3 Å². The van der Waals surface area contributed by atoms with E-state index in [2.05, 4.69) is 41.4 Å². The zero-order chi connectivity index (χ0) is 25.4. The molecule has 12 nitrogen and oxygen atoms in total. The maximum Gasteiger partial charge on any atom is 0.319 e. The van der Waals surface area contributed by atoms with Crippen molar-refractivity contribution in [1.82, 2.24) is 35.4 Å². The van der Waals surface area contributed by atoms with Gasteiger partial charge in [0, 0.05) is 49.7 Å². The average Bonchev–Trinajstić information content (AvgIpc) is 3.61. The van der Waals surface area contributed by atoms with Crippen LogP contribution in [0.4, 0.5) is 5.82 Å². The Bertz CT molecular complexity index is 1390. The molecule has 0 radical (unpaired) electrons. The minimum absolute atomic E-state index is 0.0101. The second-order valence-corrected chi connectivity index (χ2v) is 9.92. The Morgan fingerprint density at radius 1 is 1.24 bits per heavy atom. The van der Waals surface area contributed by atoms with Gasteiger partial charge in [0.05, 0.1) is 23.7 Å². The number of fused-ring (bicyclic) bond motifs is 1. The van der Waals surface area contributed by atoms with Crippen molar-refractivity contribution >= 4 is 28.7 Å². The van der Waals surface area contributed by atoms with Crippen LogP contribution >= 0.6 is 0 Å². The number of nitrogens with one attached hydrogen (secondary N) is 2. The van der Waals surface area contributed by atoms with Gasteiger partial charge in [-0.05, 0) is 37.8 Å². The summed E-state index contributed by atoms with van der Waals surface area (Å²) in [6.45, 7) is 2.44. The first-order chi connectivity index (χ1) is 18.0. The average molecular weight is 502 g/mol. The quantitative estimate of drug-likeness (QED) is 0.510. The predicted octanol–water partition coefficient (Wildman–Crippen LogP) is 1.39. The van der Waals surface area contributed by atoms with Gasteiger partial charge in [-0.15, -0.1) is 0 Å². The smallest absolute Gasteiger partial charge is 0.319 e. The van der Waals surface area contributed by atoms with Gasteiger partial charge in [-0.2, -0.15) is 20.3 Å². The van der Waals surface area contributed by atoms with Gasteiger partial charge in [-0.1, -0.05) is 0 Å². The van der Waals surface area contributed by atoms with Crippen molar-refractivity contribution in [3.8, 4) is 12.1 Å². The fourth-order valence-corrected chi connectivity index (χ4v) is 4.93. The number of nitriles is 1. The Morgan fingerprint density at radius 3 is 2.84 bits per heavy atom. The zero-order valence-corrected chi connectivity index (χ0v) is 20.3. The van der Waals surface area contributed by atoms with Crippen LogP contribution in [0.5, 0.6) is 6.01 Å². The van der Waals surface area contributed by atoms with Crippen LogP contribution in [0.3, 0.4) is 0 Å². The zero-order valence-electron chi connectivity index (χ0n) is 20.3. The molecule has 0 spiro atoms. The lowest BCUT2D eigenvalue weighted by atomic mass is 9.92. The second-order valence-electron chi connectivity index (χ2n) is 9.92. The third-order valence-electron chi connectivity index (χ3n) is 7.38. The number of aromatic amines is 1. The molecule has 0 bridgehead atoms. The van der Waals surface area contributed by atoms with Gasteiger partial charge in [0.1, 0.15) is 18.1 Å². The molecule has 2 saturated heterocycles. The molecule has 2 N–H and O–H groups in total. The molecule has 5 heterocycles. The Morgan fingerprint density at radius 2 is 2.08 bits per heavy atom. The molecule has 3 aliphatic rings. The number of carbonyl (C=O) groups excluding carboxylic acids is 2. The van der Waals surface area contributed by atoms with Crippen LogP contribution in [0.25, 0.3) is 11.0 Å². The van der Waals surface area contributed by atoms with E-state index >= 15 is 0 Å². The third-order valence-corrected chi connectivity index (χ3v) is 7.38. The number of ether oxygens (including phenoxy) is 1. The molecular formula is C25H27N9O3. The molecule has 3 aromatic rings. The number of pyridine rings is 1. The van der Waals surface area contributed by atoms with Crippen LogP contribution in [0.2, 0.25) is 0 Å². The Balaban J connectivity index is 1.22. The first-order valence-corrected chi connectivity index (χ1v) is 12.6. The monoisotopic (exact) mass is 501 g/mol. The normalized spacial score (nSPS) is 19.4. The number of hydrogen-bond donors (Lipinski definition) is 2. The molecule has 1 aliphatic carbocycles. The highest BCUT2D eigenvalue weighted by atomic mass is 16.5. The van der Waals surface area contributed by atoms with Crippen molar-refractivity contribution in [3.63, 3.8) is 0 Å². The summed E-state index contributed by atoms with van der Waals surface area (Å²) in [4.78, 5) is 42.0. The number of anilines is 1. The Labute approximate surface area is 213 Å². The van der Waals surface area contributed by atoms with Gasteiger partial charge >= 0.3 is 6.01 Å². The minimum Gasteiger partial charge on any atom is -0.462 e. The van der Waals surface area contributed by atoms with Crippen molar-refractivity contribution in [1.29, 1.82) is 5.26 Å². The maximum absolute atomic E-state index is 13.2. The standard InChI is InChI=1S/C25H27N9O3/c26-14-25(5-6-25)15-37-24-29-18(23(36)34-11-8-27-20(35)13-34)12-19(30-24)33-9-3-16(4-10-33)21-17-2-1-7-28-22(17)32-31-21/h1-2,7,12,16H,3-6,8-11,13,15H2,(H,27,35)(H,28,31,32). The molecule has 3 aromatic heterocycles. The highest BCUT2D eigenvalue weighted by Gasteiger charge is 2.44. The molecule has 6 rings (SSSR count). The third kappa shape index (κ3) is 4.64. The largest absolute Gasteiger partial charge is 0.462 e. The summed E-state index contributed by atoms with van der Waals surface area (Å²) in [5.41, 5.74) is 1.51. The maximum atomic E-state index is 13.2. The molecule has 2 amide bonds. The number of piperazine rings is 1. The lowest BCUT2D eigenvalue weighted by Crippen LogP contribution is -2.50. The number of rotatable bonds is 6. The molecule has 0 aromatic carbocycles. The molecule has 1 saturated carbocycles. The van der Waals surface area contributed by atoms with E-state index < -0.39 is 5.41 Å². The van der Waals surface area contributed by atoms with Crippen molar-refractivity contribution in [2.45, 2.75) is 31.6 Å². The summed E-state index contributed by atoms with van der Waals surface area (Å²) in [6.07, 6.45) is 5.04. The van der Waals surface area contributed by atoms with E-state index in [1.54, 1.807) is 12.3 Å². The van der Waals surface area contributed by atoms with Gasteiger partial charge in [0.15, 0.2) is 5.65 Å². The first kappa shape index (κ1) is 23.1. The van der Waals surface area contributed by atoms with E-state index in [-0.39, 0.29) is 42.6 Å². The molecule has 12 heteroatoms. The highest BCUT2D eigenvalue weighted by Crippen LogP contribution is 2.45. The van der Waals surface area contributed by atoms with E-state index in [1.807, 2.05) is 12.1 Å². The number of hydrogen-bond acceptors (Lipinski definition) is 9. The van der Waals surface area contributed by atoms with E-state index in [9.17, 15) is 14.9 Å². The second kappa shape index (κ2) is 9.31. The molecule has 190 valence electrons. The van der Waals surface area contributed by atoms with E-state index in [0.29, 0.717) is 18.9 Å². The van der Waals surface area contributed by atoms with Crippen molar-refractivity contribution in [3.05, 3.63) is 35.8 Å². The van der Waals surface area contributed by atoms with Crippen LogP contribution in [0.15, 0.2) is 24.4 Å². The fourth-order valence-electron chi connectivity index (χ4n) is 4.93. The number of amides is 2. The number of aromatic nitrogens is 5. The topological polar surface area (TPSA) is 153 Å². The SMILES string of the molecule is N#CC1(COc2nc(C(=O)N3CCNC(=O)C3)cc(N3CCC(c4n[nH]c5ncccc45)CC3)n2)CC1. The summed E-state index contributed by atoms with van der Waals surface area (Å²) >= 11 is 0. The number of H-pyrrole nitrogens is 1. The minimum atomic E-state index is -0.492. The van der Waals surface area contributed by atoms with Crippen molar-refractivity contribution in [2.75, 3.05) is 44.2 Å². The van der Waals surface area contributed by atoms with E-state index in [1.165, 1.54) is 4.90 Å². The molecule has 2 aliphatic heterocycles. The number of carbonyl (C=O) groups is 2. The van der Waals surface area contributed by atoms with Gasteiger partial charge in [-0.25, -0.2) is 4.98 Å². The summed E-state index contributed by atoms with van der Waals surface area (Å²) < 4.78 is 5.84. The number of nitrogens with zero attached hydrogens (tertiary/aromatic N) is 7. The lowest BCUT2D eigenvalue weighted by molar-refractivity contribution is -0.123. The summed E-state index contributed by atoms with van der Waals surface area (Å²) in [5.74, 6) is 0.349. The van der Waals surface area contributed by atoms with Crippen LogP contribution < -0.4 is 15.0 Å². The summed E-state index contributed by atoms with van der Waals surface area (Å²) in [5, 5.41) is 20.7. The number of piperidine rings is 1. The van der Waals surface area contributed by atoms with E-state index in [0.717, 1.165) is 55.5 Å². The lowest BCUT2D eigenvalue weighted by Gasteiger charge is -2.32. The summed E-state index contributed by atoms with van der Waals surface area (Å²) in [7, 11) is 0. The first-order valence-electron chi connectivity index (χ1n) is 12.6. The highest BCUT2D eigenvalue weighted by molar-refractivity contribution is 5.96. The van der Waals surface area contributed by atoms with Crippen molar-refractivity contribution in [2.24, 2.45) is 5.41 Å². The van der Waals surface area contributed by atoms with Gasteiger partial charge in [0.2, 0.25) is 5.91 Å². The molecule has 0 unspecified atom stereocenters. The van der Waals surface area contributed by atoms with Gasteiger partial charge in [-0.3, -0.25) is 14.7 Å². The van der Waals surface area contributed by atoms with E-state index in [4.69, 9.17) is 4.74 Å². The van der Waals surface area contributed by atoms with Gasteiger partial charge in [0.25, 0.3) is 5.91 Å².